The lowest BCUT2D eigenvalue weighted by atomic mass is 10.1. The Labute approximate surface area is 185 Å². The van der Waals surface area contributed by atoms with Gasteiger partial charge in [0.05, 0.1) is 19.1 Å². The maximum atomic E-state index is 12.6. The molecular formula is C22H23N3O5S. The van der Waals surface area contributed by atoms with E-state index in [4.69, 9.17) is 21.7 Å². The molecule has 1 unspecified atom stereocenters. The molecule has 31 heavy (non-hydrogen) atoms. The van der Waals surface area contributed by atoms with E-state index in [0.29, 0.717) is 24.4 Å². The lowest BCUT2D eigenvalue weighted by Crippen LogP contribution is -2.60. The van der Waals surface area contributed by atoms with E-state index in [1.165, 1.54) is 12.0 Å². The molecule has 0 spiro atoms. The van der Waals surface area contributed by atoms with E-state index in [1.807, 2.05) is 30.3 Å². The van der Waals surface area contributed by atoms with Crippen molar-refractivity contribution in [2.75, 3.05) is 20.2 Å². The molecule has 0 radical (unpaired) electrons. The fourth-order valence-corrected chi connectivity index (χ4v) is 3.50. The molecule has 1 aliphatic rings. The monoisotopic (exact) mass is 441 g/mol. The molecule has 0 saturated carbocycles. The van der Waals surface area contributed by atoms with Crippen molar-refractivity contribution in [1.82, 2.24) is 15.5 Å². The van der Waals surface area contributed by atoms with Gasteiger partial charge in [-0.05, 0) is 29.9 Å². The summed E-state index contributed by atoms with van der Waals surface area (Å²) in [6.07, 6.45) is -0.191. The highest BCUT2D eigenvalue weighted by Gasteiger charge is 2.34. The van der Waals surface area contributed by atoms with Crippen molar-refractivity contribution in [3.63, 3.8) is 0 Å². The Balaban J connectivity index is 1.64. The van der Waals surface area contributed by atoms with Gasteiger partial charge in [-0.25, -0.2) is 0 Å². The summed E-state index contributed by atoms with van der Waals surface area (Å²) in [6, 6.07) is 15.1. The second kappa shape index (κ2) is 10.5. The van der Waals surface area contributed by atoms with E-state index in [1.54, 1.807) is 24.3 Å². The van der Waals surface area contributed by atoms with Crippen molar-refractivity contribution in [2.24, 2.45) is 0 Å². The Morgan fingerprint density at radius 1 is 1.16 bits per heavy atom. The van der Waals surface area contributed by atoms with Gasteiger partial charge in [0, 0.05) is 13.1 Å². The van der Waals surface area contributed by atoms with E-state index in [9.17, 15) is 14.4 Å². The average Bonchev–Trinajstić information content (AvgIpc) is 2.79. The topological polar surface area (TPSA) is 97.0 Å². The molecule has 2 N–H and O–H groups in total. The molecule has 2 amide bonds. The van der Waals surface area contributed by atoms with Crippen LogP contribution in [0.4, 0.5) is 0 Å². The van der Waals surface area contributed by atoms with Gasteiger partial charge in [-0.2, -0.15) is 0 Å². The van der Waals surface area contributed by atoms with Crippen LogP contribution in [0, 0.1) is 0 Å². The molecule has 0 aromatic heterocycles. The van der Waals surface area contributed by atoms with Crippen molar-refractivity contribution >= 4 is 35.1 Å². The molecule has 162 valence electrons. The van der Waals surface area contributed by atoms with Crippen molar-refractivity contribution < 1.29 is 23.9 Å². The van der Waals surface area contributed by atoms with Gasteiger partial charge in [-0.1, -0.05) is 42.5 Å². The SMILES string of the molecule is COc1ccccc1C(=O)NC(=S)N1CCNC(=O)C1CC(=O)OCc1ccccc1. The molecule has 0 bridgehead atoms. The largest absolute Gasteiger partial charge is 0.496 e. The highest BCUT2D eigenvalue weighted by molar-refractivity contribution is 7.80. The van der Waals surface area contributed by atoms with Crippen LogP contribution in [-0.4, -0.2) is 54.0 Å². The van der Waals surface area contributed by atoms with Crippen LogP contribution in [0.25, 0.3) is 0 Å². The summed E-state index contributed by atoms with van der Waals surface area (Å²) in [5.74, 6) is -0.939. The normalized spacial score (nSPS) is 15.6. The van der Waals surface area contributed by atoms with Crippen LogP contribution in [0.2, 0.25) is 0 Å². The number of carbonyl (C=O) groups is 3. The molecule has 2 aromatic rings. The van der Waals surface area contributed by atoms with Crippen LogP contribution >= 0.6 is 12.2 Å². The van der Waals surface area contributed by atoms with Crippen LogP contribution in [0.15, 0.2) is 54.6 Å². The zero-order valence-electron chi connectivity index (χ0n) is 17.0. The lowest BCUT2D eigenvalue weighted by Gasteiger charge is -2.36. The summed E-state index contributed by atoms with van der Waals surface area (Å²) >= 11 is 5.37. The number of esters is 1. The quantitative estimate of drug-likeness (QED) is 0.520. The van der Waals surface area contributed by atoms with E-state index >= 15 is 0 Å². The van der Waals surface area contributed by atoms with Gasteiger partial charge >= 0.3 is 5.97 Å². The van der Waals surface area contributed by atoms with Gasteiger partial charge < -0.3 is 19.7 Å². The van der Waals surface area contributed by atoms with Crippen LogP contribution in [-0.2, 0) is 20.9 Å². The first-order valence-electron chi connectivity index (χ1n) is 9.72. The minimum Gasteiger partial charge on any atom is -0.496 e. The van der Waals surface area contributed by atoms with E-state index in [2.05, 4.69) is 10.6 Å². The van der Waals surface area contributed by atoms with Gasteiger partial charge in [-0.3, -0.25) is 19.7 Å². The molecule has 1 fully saturated rings. The number of ether oxygens (including phenoxy) is 2. The van der Waals surface area contributed by atoms with Crippen LogP contribution < -0.4 is 15.4 Å². The third-order valence-corrected chi connectivity index (χ3v) is 5.10. The molecule has 2 aromatic carbocycles. The lowest BCUT2D eigenvalue weighted by molar-refractivity contribution is -0.148. The number of hydrogen-bond acceptors (Lipinski definition) is 6. The number of benzene rings is 2. The van der Waals surface area contributed by atoms with Crippen molar-refractivity contribution in [3.05, 3.63) is 65.7 Å². The van der Waals surface area contributed by atoms with Crippen molar-refractivity contribution in [2.45, 2.75) is 19.1 Å². The Morgan fingerprint density at radius 3 is 2.61 bits per heavy atom. The highest BCUT2D eigenvalue weighted by Crippen LogP contribution is 2.18. The Morgan fingerprint density at radius 2 is 1.87 bits per heavy atom. The molecule has 0 aliphatic carbocycles. The third-order valence-electron chi connectivity index (χ3n) is 4.77. The summed E-state index contributed by atoms with van der Waals surface area (Å²) in [5, 5.41) is 5.41. The average molecular weight is 442 g/mol. The molecular weight excluding hydrogens is 418 g/mol. The maximum absolute atomic E-state index is 12.6. The van der Waals surface area contributed by atoms with Crippen molar-refractivity contribution in [1.29, 1.82) is 0 Å². The number of methoxy groups -OCH3 is 1. The molecule has 1 saturated heterocycles. The highest BCUT2D eigenvalue weighted by atomic mass is 32.1. The number of nitrogens with zero attached hydrogens (tertiary/aromatic N) is 1. The number of thiocarbonyl (C=S) groups is 1. The standard InChI is InChI=1S/C22H23N3O5S/c1-29-18-10-6-5-9-16(18)20(27)24-22(31)25-12-11-23-21(28)17(25)13-19(26)30-14-15-7-3-2-4-8-15/h2-10,17H,11-14H2,1H3,(H,23,28)(H,24,27,31). The van der Waals surface area contributed by atoms with Crippen LogP contribution in [0.1, 0.15) is 22.3 Å². The Bertz CT molecular complexity index is 967. The number of rotatable bonds is 6. The first-order valence-corrected chi connectivity index (χ1v) is 10.1. The summed E-state index contributed by atoms with van der Waals surface area (Å²) in [7, 11) is 1.47. The van der Waals surface area contributed by atoms with Crippen molar-refractivity contribution in [3.8, 4) is 5.75 Å². The zero-order chi connectivity index (χ0) is 22.2. The maximum Gasteiger partial charge on any atom is 0.308 e. The second-order valence-corrected chi connectivity index (χ2v) is 7.20. The first kappa shape index (κ1) is 22.2. The van der Waals surface area contributed by atoms with Crippen LogP contribution in [0.5, 0.6) is 5.75 Å². The minimum atomic E-state index is -0.873. The van der Waals surface area contributed by atoms with Gasteiger partial charge in [0.2, 0.25) is 5.91 Å². The summed E-state index contributed by atoms with van der Waals surface area (Å²) < 4.78 is 10.5. The molecule has 9 heteroatoms. The minimum absolute atomic E-state index is 0.0617. The molecule has 1 atom stereocenters. The molecule has 1 aliphatic heterocycles. The first-order chi connectivity index (χ1) is 15.0. The molecule has 8 nitrogen and oxygen atoms in total. The molecule has 3 rings (SSSR count). The number of hydrogen-bond donors (Lipinski definition) is 2. The van der Waals surface area contributed by atoms with Gasteiger partial charge in [0.1, 0.15) is 18.4 Å². The Hall–Kier alpha value is -3.46. The van der Waals surface area contributed by atoms with Gasteiger partial charge in [0.25, 0.3) is 5.91 Å². The fourth-order valence-electron chi connectivity index (χ4n) is 3.18. The van der Waals surface area contributed by atoms with Crippen LogP contribution in [0.3, 0.4) is 0 Å². The second-order valence-electron chi connectivity index (χ2n) is 6.81. The van der Waals surface area contributed by atoms with Gasteiger partial charge in [-0.15, -0.1) is 0 Å². The third kappa shape index (κ3) is 5.79. The number of piperazine rings is 1. The summed E-state index contributed by atoms with van der Waals surface area (Å²) in [6.45, 7) is 0.815. The summed E-state index contributed by atoms with van der Waals surface area (Å²) in [5.41, 5.74) is 1.16. The zero-order valence-corrected chi connectivity index (χ0v) is 17.8. The predicted octanol–water partition coefficient (Wildman–Crippen LogP) is 1.64. The number of nitrogens with one attached hydrogen (secondary N) is 2. The Kier molecular flexibility index (Phi) is 7.55. The number of amides is 2. The molecule has 1 heterocycles. The predicted molar refractivity (Wildman–Crippen MR) is 117 cm³/mol. The number of para-hydroxylation sites is 1. The number of carbonyl (C=O) groups excluding carboxylic acids is 3. The smallest absolute Gasteiger partial charge is 0.308 e. The fraction of sp³-hybridized carbons (Fsp3) is 0.273. The van der Waals surface area contributed by atoms with E-state index < -0.39 is 17.9 Å². The van der Waals surface area contributed by atoms with E-state index in [0.717, 1.165) is 5.56 Å². The van der Waals surface area contributed by atoms with Gasteiger partial charge in [0.15, 0.2) is 5.11 Å². The van der Waals surface area contributed by atoms with E-state index in [-0.39, 0.29) is 24.0 Å². The summed E-state index contributed by atoms with van der Waals surface area (Å²) in [4.78, 5) is 39.0.